The van der Waals surface area contributed by atoms with E-state index in [0.29, 0.717) is 0 Å². The Morgan fingerprint density at radius 1 is 0.397 bits per heavy atom. The van der Waals surface area contributed by atoms with Crippen molar-refractivity contribution in [3.63, 3.8) is 0 Å². The van der Waals surface area contributed by atoms with Gasteiger partial charge in [0.25, 0.3) is 0 Å². The average Bonchev–Trinajstić information content (AvgIpc) is 3.64. The number of rotatable bonds is 7. The monoisotopic (exact) mass is 742 g/mol. The third-order valence-corrected chi connectivity index (χ3v) is 12.2. The maximum atomic E-state index is 2.46. The fourth-order valence-electron chi connectivity index (χ4n) is 9.39. The Bertz CT molecular complexity index is 2960. The van der Waals surface area contributed by atoms with Crippen LogP contribution in [-0.4, -0.2) is 4.57 Å². The van der Waals surface area contributed by atoms with Gasteiger partial charge in [-0.2, -0.15) is 0 Å². The van der Waals surface area contributed by atoms with Crippen LogP contribution in [0, 0.1) is 0 Å². The fourth-order valence-corrected chi connectivity index (χ4v) is 9.39. The van der Waals surface area contributed by atoms with E-state index in [2.05, 4.69) is 216 Å². The van der Waals surface area contributed by atoms with Gasteiger partial charge in [0.05, 0.1) is 11.0 Å². The number of benzene rings is 8. The quantitative estimate of drug-likeness (QED) is 0.158. The largest absolute Gasteiger partial charge is 0.314 e. The third-order valence-electron chi connectivity index (χ3n) is 12.2. The third kappa shape index (κ3) is 5.97. The van der Waals surface area contributed by atoms with Gasteiger partial charge in [0, 0.05) is 33.5 Å². The van der Waals surface area contributed by atoms with Gasteiger partial charge in [-0.05, 0) is 129 Å². The van der Waals surface area contributed by atoms with Gasteiger partial charge in [-0.25, -0.2) is 0 Å². The SMILES string of the molecule is C1=C(C2=CC=C(N(c3ccc(-c4cccc5ccccc45)cc3)c3ccc(-c4cccc5ccccc45)cc3)CC2)CCC=C1n1c2ccccc2c2ccccc21. The highest BCUT2D eigenvalue weighted by molar-refractivity contribution is 6.10. The highest BCUT2D eigenvalue weighted by atomic mass is 15.1. The second-order valence-corrected chi connectivity index (χ2v) is 15.5. The van der Waals surface area contributed by atoms with Crippen molar-refractivity contribution in [2.24, 2.45) is 0 Å². The summed E-state index contributed by atoms with van der Waals surface area (Å²) in [6.45, 7) is 0. The minimum absolute atomic E-state index is 0.952. The topological polar surface area (TPSA) is 8.17 Å². The first-order chi connectivity index (χ1) is 28.8. The Hall–Kier alpha value is -7.16. The van der Waals surface area contributed by atoms with E-state index in [0.717, 1.165) is 25.7 Å². The molecule has 0 spiro atoms. The maximum Gasteiger partial charge on any atom is 0.0540 e. The molecule has 58 heavy (non-hydrogen) atoms. The van der Waals surface area contributed by atoms with E-state index in [-0.39, 0.29) is 0 Å². The number of anilines is 2. The van der Waals surface area contributed by atoms with Crippen molar-refractivity contribution in [1.29, 1.82) is 0 Å². The molecule has 1 aromatic heterocycles. The molecule has 0 saturated heterocycles. The number of hydrogen-bond donors (Lipinski definition) is 0. The first-order valence-electron chi connectivity index (χ1n) is 20.5. The fraction of sp³-hybridized carbons (Fsp3) is 0.0714. The highest BCUT2D eigenvalue weighted by Gasteiger charge is 2.21. The molecule has 2 aliphatic rings. The molecule has 0 unspecified atom stereocenters. The predicted octanol–water partition coefficient (Wildman–Crippen LogP) is 15.4. The summed E-state index contributed by atoms with van der Waals surface area (Å²) in [7, 11) is 0. The molecule has 0 bridgehead atoms. The van der Waals surface area contributed by atoms with Crippen molar-refractivity contribution in [1.82, 2.24) is 4.57 Å². The molecule has 0 N–H and O–H groups in total. The van der Waals surface area contributed by atoms with E-state index in [1.807, 2.05) is 0 Å². The van der Waals surface area contributed by atoms with Crippen molar-refractivity contribution < 1.29 is 0 Å². The zero-order chi connectivity index (χ0) is 38.4. The molecule has 2 heteroatoms. The van der Waals surface area contributed by atoms with E-state index in [1.165, 1.54) is 99.5 Å². The van der Waals surface area contributed by atoms with Crippen LogP contribution in [0.15, 0.2) is 223 Å². The van der Waals surface area contributed by atoms with Crippen molar-refractivity contribution in [3.05, 3.63) is 223 Å². The van der Waals surface area contributed by atoms with E-state index in [4.69, 9.17) is 0 Å². The van der Waals surface area contributed by atoms with Crippen LogP contribution in [0.25, 0.3) is 71.3 Å². The van der Waals surface area contributed by atoms with Gasteiger partial charge >= 0.3 is 0 Å². The van der Waals surface area contributed by atoms with Gasteiger partial charge in [0.2, 0.25) is 0 Å². The number of para-hydroxylation sites is 2. The first-order valence-corrected chi connectivity index (χ1v) is 20.5. The minimum atomic E-state index is 0.952. The number of hydrogen-bond acceptors (Lipinski definition) is 1. The zero-order valence-corrected chi connectivity index (χ0v) is 32.4. The van der Waals surface area contributed by atoms with Crippen LogP contribution >= 0.6 is 0 Å². The smallest absolute Gasteiger partial charge is 0.0540 e. The lowest BCUT2D eigenvalue weighted by atomic mass is 9.89. The summed E-state index contributed by atoms with van der Waals surface area (Å²) in [6.07, 6.45) is 13.7. The summed E-state index contributed by atoms with van der Waals surface area (Å²) in [6, 6.07) is 66.4. The minimum Gasteiger partial charge on any atom is -0.314 e. The van der Waals surface area contributed by atoms with Crippen LogP contribution in [0.3, 0.4) is 0 Å². The van der Waals surface area contributed by atoms with Crippen LogP contribution in [0.2, 0.25) is 0 Å². The molecule has 2 aliphatic carbocycles. The van der Waals surface area contributed by atoms with Gasteiger partial charge in [0.15, 0.2) is 0 Å². The molecule has 276 valence electrons. The molecule has 9 aromatic rings. The van der Waals surface area contributed by atoms with Gasteiger partial charge in [0.1, 0.15) is 0 Å². The second-order valence-electron chi connectivity index (χ2n) is 15.5. The number of fused-ring (bicyclic) bond motifs is 5. The Morgan fingerprint density at radius 2 is 0.897 bits per heavy atom. The standard InChI is InChI=1S/C56H42N2/c1-3-18-49-40(12-1)14-10-22-51(49)42-28-34-46(35-29-42)57(47-36-30-43(31-37-47)52-23-11-15-41-13-2-4-19-50(41)52)45-32-26-39(27-33-45)44-16-9-17-48(38-44)58-55-24-7-5-20-53(55)54-21-6-8-25-56(54)58/h1-8,10-15,17-26,28-32,34-38H,9,16,27,33H2. The van der Waals surface area contributed by atoms with Crippen molar-refractivity contribution in [2.75, 3.05) is 4.90 Å². The average molecular weight is 743 g/mol. The molecule has 0 fully saturated rings. The lowest BCUT2D eigenvalue weighted by Gasteiger charge is -2.31. The molecule has 11 rings (SSSR count). The highest BCUT2D eigenvalue weighted by Crippen LogP contribution is 2.41. The summed E-state index contributed by atoms with van der Waals surface area (Å²) < 4.78 is 2.46. The summed E-state index contributed by atoms with van der Waals surface area (Å²) in [5.74, 6) is 0. The van der Waals surface area contributed by atoms with Gasteiger partial charge in [-0.1, -0.05) is 158 Å². The predicted molar refractivity (Wildman–Crippen MR) is 247 cm³/mol. The molecular formula is C56H42N2. The Kier molecular flexibility index (Phi) is 8.47. The summed E-state index contributed by atoms with van der Waals surface area (Å²) in [5.41, 5.74) is 15.3. The number of allylic oxidation sites excluding steroid dienone is 8. The second kappa shape index (κ2) is 14.4. The maximum absolute atomic E-state index is 2.46. The van der Waals surface area contributed by atoms with Crippen molar-refractivity contribution >= 4 is 60.4 Å². The van der Waals surface area contributed by atoms with E-state index in [9.17, 15) is 0 Å². The zero-order valence-electron chi connectivity index (χ0n) is 32.4. The van der Waals surface area contributed by atoms with Crippen LogP contribution < -0.4 is 4.90 Å². The lowest BCUT2D eigenvalue weighted by Crippen LogP contribution is -2.18. The van der Waals surface area contributed by atoms with Crippen LogP contribution in [0.1, 0.15) is 25.7 Å². The number of nitrogens with zero attached hydrogens (tertiary/aromatic N) is 2. The molecule has 0 saturated carbocycles. The van der Waals surface area contributed by atoms with Crippen molar-refractivity contribution in [2.45, 2.75) is 25.7 Å². The molecule has 0 atom stereocenters. The molecule has 1 heterocycles. The Morgan fingerprint density at radius 3 is 1.43 bits per heavy atom. The summed E-state index contributed by atoms with van der Waals surface area (Å²) in [5, 5.41) is 7.69. The number of aromatic nitrogens is 1. The van der Waals surface area contributed by atoms with Crippen molar-refractivity contribution in [3.8, 4) is 22.3 Å². The molecular weight excluding hydrogens is 701 g/mol. The Labute approximate surface area is 339 Å². The normalized spacial score (nSPS) is 14.3. The molecule has 0 radical (unpaired) electrons. The molecule has 0 aliphatic heterocycles. The van der Waals surface area contributed by atoms with E-state index in [1.54, 1.807) is 0 Å². The molecule has 2 nitrogen and oxygen atoms in total. The first kappa shape index (κ1) is 34.1. The van der Waals surface area contributed by atoms with Gasteiger partial charge < -0.3 is 9.47 Å². The van der Waals surface area contributed by atoms with Gasteiger partial charge in [-0.15, -0.1) is 0 Å². The van der Waals surface area contributed by atoms with Crippen LogP contribution in [0.5, 0.6) is 0 Å². The summed E-state index contributed by atoms with van der Waals surface area (Å²) in [4.78, 5) is 2.46. The van der Waals surface area contributed by atoms with Crippen LogP contribution in [-0.2, 0) is 0 Å². The van der Waals surface area contributed by atoms with Crippen LogP contribution in [0.4, 0.5) is 11.4 Å². The molecule has 8 aromatic carbocycles. The van der Waals surface area contributed by atoms with E-state index >= 15 is 0 Å². The van der Waals surface area contributed by atoms with E-state index < -0.39 is 0 Å². The van der Waals surface area contributed by atoms with Gasteiger partial charge in [-0.3, -0.25) is 0 Å². The Balaban J connectivity index is 0.965. The lowest BCUT2D eigenvalue weighted by molar-refractivity contribution is 0.849. The summed E-state index contributed by atoms with van der Waals surface area (Å²) >= 11 is 0. The molecule has 0 amide bonds.